The number of hydrogen-bond acceptors (Lipinski definition) is 5. The van der Waals surface area contributed by atoms with Crippen LogP contribution in [-0.2, 0) is 10.9 Å². The lowest BCUT2D eigenvalue weighted by atomic mass is 10.1. The number of aromatic nitrogens is 2. The fraction of sp³-hybridized carbons (Fsp3) is 0.714. The zero-order valence-corrected chi connectivity index (χ0v) is 12.1. The van der Waals surface area contributed by atoms with Crippen molar-refractivity contribution in [2.75, 3.05) is 26.3 Å². The van der Waals surface area contributed by atoms with Crippen LogP contribution in [0.15, 0.2) is 12.3 Å². The van der Waals surface area contributed by atoms with Crippen LogP contribution in [-0.4, -0.2) is 53.3 Å². The molecule has 0 N–H and O–H groups in total. The van der Waals surface area contributed by atoms with Gasteiger partial charge in [-0.2, -0.15) is 18.2 Å². The average Bonchev–Trinajstić information content (AvgIpc) is 3.02. The Balaban J connectivity index is 1.54. The van der Waals surface area contributed by atoms with Crippen molar-refractivity contribution in [3.63, 3.8) is 0 Å². The van der Waals surface area contributed by atoms with Gasteiger partial charge in [0, 0.05) is 31.9 Å². The molecule has 3 heterocycles. The summed E-state index contributed by atoms with van der Waals surface area (Å²) in [7, 11) is 0. The molecular formula is C14H18F3N3O2. The van der Waals surface area contributed by atoms with E-state index in [0.717, 1.165) is 57.8 Å². The number of likely N-dealkylation sites (tertiary alicyclic amines) is 1. The highest BCUT2D eigenvalue weighted by Crippen LogP contribution is 2.28. The maximum absolute atomic E-state index is 12.6. The van der Waals surface area contributed by atoms with Crippen LogP contribution in [0.3, 0.4) is 0 Å². The van der Waals surface area contributed by atoms with Gasteiger partial charge in [-0.15, -0.1) is 0 Å². The third kappa shape index (κ3) is 3.67. The molecule has 5 nitrogen and oxygen atoms in total. The summed E-state index contributed by atoms with van der Waals surface area (Å²) in [4.78, 5) is 9.58. The van der Waals surface area contributed by atoms with Gasteiger partial charge in [0.2, 0.25) is 0 Å². The van der Waals surface area contributed by atoms with Crippen LogP contribution in [0.4, 0.5) is 13.2 Å². The summed E-state index contributed by atoms with van der Waals surface area (Å²) in [5.74, 6) is 0. The van der Waals surface area contributed by atoms with Gasteiger partial charge in [0.15, 0.2) is 5.69 Å². The smallest absolute Gasteiger partial charge is 0.433 e. The van der Waals surface area contributed by atoms with Gasteiger partial charge in [0.25, 0.3) is 0 Å². The summed E-state index contributed by atoms with van der Waals surface area (Å²) in [5, 5.41) is 0. The predicted molar refractivity (Wildman–Crippen MR) is 71.5 cm³/mol. The zero-order chi connectivity index (χ0) is 15.6. The molecule has 0 aliphatic carbocycles. The molecule has 0 bridgehead atoms. The van der Waals surface area contributed by atoms with Gasteiger partial charge in [0.1, 0.15) is 6.10 Å². The maximum atomic E-state index is 12.6. The van der Waals surface area contributed by atoms with E-state index in [4.69, 9.17) is 9.47 Å². The molecule has 0 radical (unpaired) electrons. The molecule has 8 heteroatoms. The molecule has 2 fully saturated rings. The monoisotopic (exact) mass is 317 g/mol. The number of hydrogen-bond donors (Lipinski definition) is 0. The normalized spacial score (nSPS) is 24.6. The lowest BCUT2D eigenvalue weighted by Gasteiger charge is -2.34. The van der Waals surface area contributed by atoms with Crippen molar-refractivity contribution in [3.8, 4) is 6.01 Å². The van der Waals surface area contributed by atoms with Crippen LogP contribution >= 0.6 is 0 Å². The first-order valence-corrected chi connectivity index (χ1v) is 7.41. The topological polar surface area (TPSA) is 47.5 Å². The highest BCUT2D eigenvalue weighted by molar-refractivity contribution is 5.09. The minimum absolute atomic E-state index is 0.137. The van der Waals surface area contributed by atoms with Gasteiger partial charge in [0.05, 0.1) is 6.61 Å². The molecule has 0 aromatic carbocycles. The maximum Gasteiger partial charge on any atom is 0.433 e. The van der Waals surface area contributed by atoms with Gasteiger partial charge in [-0.05, 0) is 25.3 Å². The van der Waals surface area contributed by atoms with Crippen LogP contribution < -0.4 is 4.74 Å². The molecule has 1 aromatic rings. The highest BCUT2D eigenvalue weighted by atomic mass is 19.4. The van der Waals surface area contributed by atoms with Gasteiger partial charge in [-0.25, -0.2) is 4.98 Å². The summed E-state index contributed by atoms with van der Waals surface area (Å²) in [6.07, 6.45) is -0.973. The minimum atomic E-state index is -4.48. The second-order valence-corrected chi connectivity index (χ2v) is 5.59. The Hall–Kier alpha value is -1.41. The third-order valence-corrected chi connectivity index (χ3v) is 4.09. The summed E-state index contributed by atoms with van der Waals surface area (Å²) in [6, 6.07) is 1.11. The highest BCUT2D eigenvalue weighted by Gasteiger charge is 2.33. The fourth-order valence-corrected chi connectivity index (χ4v) is 2.87. The molecule has 1 atom stereocenters. The average molecular weight is 317 g/mol. The van der Waals surface area contributed by atoms with Crippen LogP contribution in [0.5, 0.6) is 6.01 Å². The van der Waals surface area contributed by atoms with Crippen molar-refractivity contribution < 1.29 is 22.6 Å². The van der Waals surface area contributed by atoms with E-state index >= 15 is 0 Å². The van der Waals surface area contributed by atoms with Crippen molar-refractivity contribution in [1.29, 1.82) is 0 Å². The standard InChI is InChI=1S/C14H18F3N3O2/c15-14(16,17)12-1-5-18-13(19-12)22-11-2-6-20(7-3-11)10-4-8-21-9-10/h1,5,10-11H,2-4,6-9H2. The molecule has 2 aliphatic rings. The Morgan fingerprint density at radius 1 is 1.23 bits per heavy atom. The van der Waals surface area contributed by atoms with Crippen molar-refractivity contribution in [2.45, 2.75) is 37.6 Å². The number of nitrogens with zero attached hydrogens (tertiary/aromatic N) is 3. The number of piperidine rings is 1. The van der Waals surface area contributed by atoms with E-state index in [2.05, 4.69) is 14.9 Å². The number of halogens is 3. The van der Waals surface area contributed by atoms with E-state index in [1.54, 1.807) is 0 Å². The molecule has 1 unspecified atom stereocenters. The summed E-state index contributed by atoms with van der Waals surface area (Å²) >= 11 is 0. The number of alkyl halides is 3. The van der Waals surface area contributed by atoms with Crippen molar-refractivity contribution in [2.24, 2.45) is 0 Å². The second-order valence-electron chi connectivity index (χ2n) is 5.59. The van der Waals surface area contributed by atoms with Crippen molar-refractivity contribution >= 4 is 0 Å². The van der Waals surface area contributed by atoms with Gasteiger partial charge in [-0.1, -0.05) is 0 Å². The van der Waals surface area contributed by atoms with Crippen LogP contribution in [0.1, 0.15) is 25.0 Å². The Morgan fingerprint density at radius 2 is 2.00 bits per heavy atom. The number of rotatable bonds is 3. The Labute approximate surface area is 126 Å². The first-order valence-electron chi connectivity index (χ1n) is 7.41. The minimum Gasteiger partial charge on any atom is -0.460 e. The van der Waals surface area contributed by atoms with Gasteiger partial charge in [-0.3, -0.25) is 4.90 Å². The lowest BCUT2D eigenvalue weighted by molar-refractivity contribution is -0.141. The van der Waals surface area contributed by atoms with E-state index in [1.807, 2.05) is 0 Å². The molecular weight excluding hydrogens is 299 g/mol. The van der Waals surface area contributed by atoms with Crippen LogP contribution in [0.25, 0.3) is 0 Å². The molecule has 1 aromatic heterocycles. The zero-order valence-electron chi connectivity index (χ0n) is 12.1. The molecule has 22 heavy (non-hydrogen) atoms. The molecule has 2 saturated heterocycles. The Morgan fingerprint density at radius 3 is 2.64 bits per heavy atom. The first-order chi connectivity index (χ1) is 10.5. The molecule has 3 rings (SSSR count). The number of ether oxygens (including phenoxy) is 2. The quantitative estimate of drug-likeness (QED) is 0.855. The van der Waals surface area contributed by atoms with E-state index in [1.165, 1.54) is 0 Å². The van der Waals surface area contributed by atoms with E-state index in [0.29, 0.717) is 6.04 Å². The van der Waals surface area contributed by atoms with Crippen LogP contribution in [0, 0.1) is 0 Å². The van der Waals surface area contributed by atoms with Gasteiger partial charge < -0.3 is 9.47 Å². The summed E-state index contributed by atoms with van der Waals surface area (Å²) in [5.41, 5.74) is -0.974. The fourth-order valence-electron chi connectivity index (χ4n) is 2.87. The van der Waals surface area contributed by atoms with E-state index in [-0.39, 0.29) is 12.1 Å². The Bertz CT molecular complexity index is 498. The Kier molecular flexibility index (Phi) is 4.49. The van der Waals surface area contributed by atoms with Gasteiger partial charge >= 0.3 is 12.2 Å². The molecule has 0 amide bonds. The summed E-state index contributed by atoms with van der Waals surface area (Å²) in [6.45, 7) is 3.29. The SMILES string of the molecule is FC(F)(F)c1ccnc(OC2CCN(C3CCOC3)CC2)n1. The molecule has 122 valence electrons. The molecule has 0 spiro atoms. The largest absolute Gasteiger partial charge is 0.460 e. The second kappa shape index (κ2) is 6.37. The van der Waals surface area contributed by atoms with Crippen molar-refractivity contribution in [3.05, 3.63) is 18.0 Å². The summed E-state index contributed by atoms with van der Waals surface area (Å²) < 4.78 is 48.7. The molecule has 2 aliphatic heterocycles. The predicted octanol–water partition coefficient (Wildman–Crippen LogP) is 2.13. The first kappa shape index (κ1) is 15.5. The molecule has 0 saturated carbocycles. The van der Waals surface area contributed by atoms with E-state index < -0.39 is 11.9 Å². The lowest BCUT2D eigenvalue weighted by Crippen LogP contribution is -2.44. The third-order valence-electron chi connectivity index (χ3n) is 4.09. The van der Waals surface area contributed by atoms with Crippen LogP contribution in [0.2, 0.25) is 0 Å². The van der Waals surface area contributed by atoms with E-state index in [9.17, 15) is 13.2 Å². The van der Waals surface area contributed by atoms with Crippen molar-refractivity contribution in [1.82, 2.24) is 14.9 Å².